The van der Waals surface area contributed by atoms with Gasteiger partial charge in [-0.15, -0.1) is 0 Å². The molecule has 0 atom stereocenters. The minimum absolute atomic E-state index is 0.126. The number of ether oxygens (including phenoxy) is 1. The van der Waals surface area contributed by atoms with Gasteiger partial charge in [0, 0.05) is 0 Å². The summed E-state index contributed by atoms with van der Waals surface area (Å²) in [6, 6.07) is 11.0. The lowest BCUT2D eigenvalue weighted by molar-refractivity contribution is -0.137. The Balaban J connectivity index is 2.06. The van der Waals surface area contributed by atoms with Crippen molar-refractivity contribution >= 4 is 5.91 Å². The largest absolute Gasteiger partial charge is 0.457 e. The summed E-state index contributed by atoms with van der Waals surface area (Å²) in [6.07, 6.45) is -4.24. The summed E-state index contributed by atoms with van der Waals surface area (Å²) in [5.74, 6) is 0.319. The smallest absolute Gasteiger partial charge is 0.416 e. The van der Waals surface area contributed by atoms with E-state index in [1.54, 1.807) is 24.3 Å². The first-order valence-corrected chi connectivity index (χ1v) is 6.07. The number of hydrogen-bond donors (Lipinski definition) is 1. The molecule has 1 amide bonds. The predicted octanol–water partition coefficient (Wildman–Crippen LogP) is 3.53. The van der Waals surface area contributed by atoms with Crippen LogP contribution >= 0.6 is 0 Å². The fourth-order valence-corrected chi connectivity index (χ4v) is 1.72. The predicted molar refractivity (Wildman–Crippen MR) is 70.9 cm³/mol. The number of primary amides is 1. The van der Waals surface area contributed by atoms with Crippen LogP contribution in [0.2, 0.25) is 0 Å². The number of benzene rings is 2. The average Bonchev–Trinajstić information content (AvgIpc) is 2.40. The van der Waals surface area contributed by atoms with E-state index in [4.69, 9.17) is 10.5 Å². The fraction of sp³-hybridized carbons (Fsp3) is 0.133. The van der Waals surface area contributed by atoms with Crippen LogP contribution in [0.15, 0.2) is 48.5 Å². The first-order chi connectivity index (χ1) is 9.84. The van der Waals surface area contributed by atoms with Gasteiger partial charge in [-0.3, -0.25) is 4.79 Å². The van der Waals surface area contributed by atoms with Crippen LogP contribution in [-0.4, -0.2) is 5.91 Å². The van der Waals surface area contributed by atoms with Gasteiger partial charge in [0.05, 0.1) is 12.0 Å². The number of nitrogens with two attached hydrogens (primary N) is 1. The molecular weight excluding hydrogens is 283 g/mol. The highest BCUT2D eigenvalue weighted by molar-refractivity contribution is 5.76. The molecule has 0 fully saturated rings. The lowest BCUT2D eigenvalue weighted by Crippen LogP contribution is -2.13. The van der Waals surface area contributed by atoms with Crippen LogP contribution in [0.1, 0.15) is 11.1 Å². The molecule has 21 heavy (non-hydrogen) atoms. The summed E-state index contributed by atoms with van der Waals surface area (Å²) < 4.78 is 42.7. The molecule has 0 spiro atoms. The number of carbonyl (C=O) groups is 1. The molecule has 0 heterocycles. The van der Waals surface area contributed by atoms with Crippen molar-refractivity contribution in [1.82, 2.24) is 0 Å². The van der Waals surface area contributed by atoms with Crippen molar-refractivity contribution in [3.8, 4) is 11.5 Å². The van der Waals surface area contributed by atoms with Crippen LogP contribution in [0.5, 0.6) is 11.5 Å². The van der Waals surface area contributed by atoms with Crippen LogP contribution in [0, 0.1) is 0 Å². The Morgan fingerprint density at radius 1 is 0.952 bits per heavy atom. The molecule has 0 aromatic heterocycles. The third-order valence-corrected chi connectivity index (χ3v) is 2.72. The first-order valence-electron chi connectivity index (χ1n) is 6.07. The zero-order valence-corrected chi connectivity index (χ0v) is 10.9. The molecule has 0 aliphatic rings. The summed E-state index contributed by atoms with van der Waals surface area (Å²) in [6.45, 7) is 0. The molecule has 0 aliphatic heterocycles. The number of alkyl halides is 3. The molecule has 0 aliphatic carbocycles. The Morgan fingerprint density at radius 3 is 1.86 bits per heavy atom. The number of amides is 1. The Morgan fingerprint density at radius 2 is 1.43 bits per heavy atom. The lowest BCUT2D eigenvalue weighted by atomic mass is 10.1. The van der Waals surface area contributed by atoms with E-state index in [9.17, 15) is 18.0 Å². The number of carbonyl (C=O) groups excluding carboxylic acids is 1. The van der Waals surface area contributed by atoms with Crippen molar-refractivity contribution in [3.63, 3.8) is 0 Å². The zero-order chi connectivity index (χ0) is 15.5. The summed E-state index contributed by atoms with van der Waals surface area (Å²) in [7, 11) is 0. The molecule has 0 saturated carbocycles. The molecule has 2 N–H and O–H groups in total. The van der Waals surface area contributed by atoms with E-state index in [1.807, 2.05) is 0 Å². The Bertz CT molecular complexity index is 619. The van der Waals surface area contributed by atoms with Crippen LogP contribution in [-0.2, 0) is 17.4 Å². The van der Waals surface area contributed by atoms with Crippen molar-refractivity contribution in [2.24, 2.45) is 5.73 Å². The molecular formula is C15H12F3NO2. The molecule has 0 unspecified atom stereocenters. The van der Waals surface area contributed by atoms with Crippen LogP contribution in [0.3, 0.4) is 0 Å². The van der Waals surface area contributed by atoms with Crippen LogP contribution < -0.4 is 10.5 Å². The Labute approximate surface area is 119 Å². The Hall–Kier alpha value is -2.50. The van der Waals surface area contributed by atoms with Gasteiger partial charge in [0.15, 0.2) is 0 Å². The number of hydrogen-bond acceptors (Lipinski definition) is 2. The first kappa shape index (κ1) is 14.9. The normalized spacial score (nSPS) is 11.2. The highest BCUT2D eigenvalue weighted by Crippen LogP contribution is 2.31. The third kappa shape index (κ3) is 4.24. The minimum Gasteiger partial charge on any atom is -0.457 e. The standard InChI is InChI=1S/C15H12F3NO2/c16-15(17,18)11-3-7-13(8-4-11)21-12-5-1-10(2-6-12)9-14(19)20/h1-8H,9H2,(H2,19,20). The maximum absolute atomic E-state index is 12.4. The topological polar surface area (TPSA) is 52.3 Å². The summed E-state index contributed by atoms with van der Waals surface area (Å²) in [4.78, 5) is 10.8. The van der Waals surface area contributed by atoms with Gasteiger partial charge < -0.3 is 10.5 Å². The molecule has 0 bridgehead atoms. The van der Waals surface area contributed by atoms with Crippen molar-refractivity contribution in [1.29, 1.82) is 0 Å². The van der Waals surface area contributed by atoms with Gasteiger partial charge in [0.25, 0.3) is 0 Å². The zero-order valence-electron chi connectivity index (χ0n) is 10.9. The van der Waals surface area contributed by atoms with Gasteiger partial charge in [-0.1, -0.05) is 12.1 Å². The number of halogens is 3. The molecule has 2 rings (SSSR count). The molecule has 0 radical (unpaired) electrons. The minimum atomic E-state index is -4.37. The summed E-state index contributed by atoms with van der Waals surface area (Å²) in [5.41, 5.74) is 5.08. The molecule has 0 saturated heterocycles. The van der Waals surface area contributed by atoms with Crippen molar-refractivity contribution in [2.45, 2.75) is 12.6 Å². The highest BCUT2D eigenvalue weighted by atomic mass is 19.4. The molecule has 2 aromatic carbocycles. The van der Waals surface area contributed by atoms with Crippen molar-refractivity contribution in [3.05, 3.63) is 59.7 Å². The van der Waals surface area contributed by atoms with E-state index in [2.05, 4.69) is 0 Å². The molecule has 110 valence electrons. The van der Waals surface area contributed by atoms with E-state index in [-0.39, 0.29) is 6.42 Å². The van der Waals surface area contributed by atoms with Gasteiger partial charge in [-0.05, 0) is 42.0 Å². The van der Waals surface area contributed by atoms with E-state index in [0.717, 1.165) is 17.7 Å². The van der Waals surface area contributed by atoms with E-state index in [1.165, 1.54) is 12.1 Å². The lowest BCUT2D eigenvalue weighted by Gasteiger charge is -2.09. The summed E-state index contributed by atoms with van der Waals surface area (Å²) in [5, 5.41) is 0. The molecule has 2 aromatic rings. The van der Waals surface area contributed by atoms with Crippen LogP contribution in [0.4, 0.5) is 13.2 Å². The van der Waals surface area contributed by atoms with E-state index >= 15 is 0 Å². The second-order valence-corrected chi connectivity index (χ2v) is 4.41. The maximum atomic E-state index is 12.4. The van der Waals surface area contributed by atoms with Gasteiger partial charge in [0.2, 0.25) is 5.91 Å². The average molecular weight is 295 g/mol. The van der Waals surface area contributed by atoms with Crippen molar-refractivity contribution < 1.29 is 22.7 Å². The van der Waals surface area contributed by atoms with E-state index in [0.29, 0.717) is 11.5 Å². The fourth-order valence-electron chi connectivity index (χ4n) is 1.72. The van der Waals surface area contributed by atoms with Gasteiger partial charge in [-0.2, -0.15) is 13.2 Å². The molecule has 6 heteroatoms. The third-order valence-electron chi connectivity index (χ3n) is 2.72. The quantitative estimate of drug-likeness (QED) is 0.938. The van der Waals surface area contributed by atoms with Gasteiger partial charge in [0.1, 0.15) is 11.5 Å². The van der Waals surface area contributed by atoms with E-state index < -0.39 is 17.6 Å². The maximum Gasteiger partial charge on any atom is 0.416 e. The van der Waals surface area contributed by atoms with Gasteiger partial charge >= 0.3 is 6.18 Å². The second-order valence-electron chi connectivity index (χ2n) is 4.41. The molecule has 3 nitrogen and oxygen atoms in total. The second kappa shape index (κ2) is 5.87. The SMILES string of the molecule is NC(=O)Cc1ccc(Oc2ccc(C(F)(F)F)cc2)cc1. The number of rotatable bonds is 4. The van der Waals surface area contributed by atoms with Crippen LogP contribution in [0.25, 0.3) is 0 Å². The Kier molecular flexibility index (Phi) is 4.16. The van der Waals surface area contributed by atoms with Gasteiger partial charge in [-0.25, -0.2) is 0 Å². The highest BCUT2D eigenvalue weighted by Gasteiger charge is 2.30. The monoisotopic (exact) mass is 295 g/mol. The van der Waals surface area contributed by atoms with Crippen molar-refractivity contribution in [2.75, 3.05) is 0 Å². The summed E-state index contributed by atoms with van der Waals surface area (Å²) >= 11 is 0.